The number of aromatic amines is 1. The van der Waals surface area contributed by atoms with Crippen molar-refractivity contribution in [3.05, 3.63) is 64.8 Å². The first-order chi connectivity index (χ1) is 13.7. The lowest BCUT2D eigenvalue weighted by Crippen LogP contribution is -2.20. The Balaban J connectivity index is 1.76. The molecule has 0 spiro atoms. The SMILES string of the molecule is CSc1n[nH]c(-n2ccc3c(cnc4c(-c5ccccc5)c(C)nn43)c2=O)n1. The van der Waals surface area contributed by atoms with Crippen molar-refractivity contribution < 1.29 is 0 Å². The van der Waals surface area contributed by atoms with Gasteiger partial charge in [-0.3, -0.25) is 9.36 Å². The Morgan fingerprint density at radius 1 is 1.14 bits per heavy atom. The second-order valence-corrected chi connectivity index (χ2v) is 7.03. The van der Waals surface area contributed by atoms with E-state index in [2.05, 4.69) is 25.3 Å². The minimum atomic E-state index is -0.231. The zero-order valence-corrected chi connectivity index (χ0v) is 15.9. The van der Waals surface area contributed by atoms with E-state index in [1.165, 1.54) is 16.3 Å². The van der Waals surface area contributed by atoms with E-state index in [1.54, 1.807) is 16.9 Å². The molecule has 0 aliphatic rings. The molecule has 0 fully saturated rings. The molecule has 1 aromatic carbocycles. The van der Waals surface area contributed by atoms with Crippen LogP contribution in [0.25, 0.3) is 33.6 Å². The summed E-state index contributed by atoms with van der Waals surface area (Å²) in [6.45, 7) is 1.95. The first-order valence-electron chi connectivity index (χ1n) is 8.59. The summed E-state index contributed by atoms with van der Waals surface area (Å²) in [6, 6.07) is 11.8. The van der Waals surface area contributed by atoms with Crippen molar-refractivity contribution in [2.24, 2.45) is 0 Å². The number of benzene rings is 1. The Morgan fingerprint density at radius 3 is 2.71 bits per heavy atom. The minimum absolute atomic E-state index is 0.231. The van der Waals surface area contributed by atoms with Crippen LogP contribution < -0.4 is 5.56 Å². The van der Waals surface area contributed by atoms with Crippen LogP contribution in [0, 0.1) is 6.92 Å². The number of rotatable bonds is 3. The van der Waals surface area contributed by atoms with Crippen LogP contribution in [0.4, 0.5) is 0 Å². The van der Waals surface area contributed by atoms with Gasteiger partial charge in [-0.2, -0.15) is 10.1 Å². The molecule has 9 heteroatoms. The second kappa shape index (κ2) is 6.31. The van der Waals surface area contributed by atoms with Crippen LogP contribution in [0.2, 0.25) is 0 Å². The van der Waals surface area contributed by atoms with Gasteiger partial charge in [0.15, 0.2) is 5.65 Å². The van der Waals surface area contributed by atoms with Crippen LogP contribution in [-0.4, -0.2) is 40.6 Å². The molecule has 0 saturated heterocycles. The normalized spacial score (nSPS) is 11.5. The molecule has 4 aromatic heterocycles. The number of nitrogens with one attached hydrogen (secondary N) is 1. The van der Waals surface area contributed by atoms with Crippen LogP contribution in [0.3, 0.4) is 0 Å². The van der Waals surface area contributed by atoms with Crippen molar-refractivity contribution in [2.45, 2.75) is 12.1 Å². The molecule has 0 unspecified atom stereocenters. The average Bonchev–Trinajstić information content (AvgIpc) is 3.32. The summed E-state index contributed by atoms with van der Waals surface area (Å²) in [5.41, 5.74) is 4.05. The van der Waals surface area contributed by atoms with Gasteiger partial charge in [0.05, 0.1) is 16.6 Å². The standard InChI is InChI=1S/C19H15N7OS/c1-11-15(12-6-4-3-5-7-12)16-20-10-13-14(26(16)24-11)8-9-25(17(13)27)18-21-19(28-2)23-22-18/h3-10H,1-2H3,(H,21,22,23). The third-order valence-corrected chi connectivity index (χ3v) is 5.16. The smallest absolute Gasteiger partial charge is 0.268 e. The second-order valence-electron chi connectivity index (χ2n) is 6.26. The maximum atomic E-state index is 13.0. The van der Waals surface area contributed by atoms with Crippen molar-refractivity contribution >= 4 is 28.3 Å². The predicted molar refractivity (Wildman–Crippen MR) is 108 cm³/mol. The first kappa shape index (κ1) is 16.7. The third kappa shape index (κ3) is 2.43. The predicted octanol–water partition coefficient (Wildman–Crippen LogP) is 2.85. The number of pyridine rings is 1. The van der Waals surface area contributed by atoms with Crippen molar-refractivity contribution in [3.8, 4) is 17.1 Å². The van der Waals surface area contributed by atoms with Gasteiger partial charge in [0.2, 0.25) is 11.1 Å². The largest absolute Gasteiger partial charge is 0.268 e. The maximum Gasteiger partial charge on any atom is 0.268 e. The van der Waals surface area contributed by atoms with E-state index < -0.39 is 0 Å². The highest BCUT2D eigenvalue weighted by Gasteiger charge is 2.17. The fraction of sp³-hybridized carbons (Fsp3) is 0.105. The number of H-pyrrole nitrogens is 1. The van der Waals surface area contributed by atoms with Gasteiger partial charge in [-0.15, -0.1) is 5.10 Å². The van der Waals surface area contributed by atoms with Gasteiger partial charge in [-0.05, 0) is 24.8 Å². The van der Waals surface area contributed by atoms with Crippen LogP contribution in [0.1, 0.15) is 5.69 Å². The molecular weight excluding hydrogens is 374 g/mol. The Bertz CT molecular complexity index is 1380. The molecule has 1 N–H and O–H groups in total. The van der Waals surface area contributed by atoms with Gasteiger partial charge in [0, 0.05) is 18.0 Å². The number of aryl methyl sites for hydroxylation is 1. The number of aromatic nitrogens is 7. The van der Waals surface area contributed by atoms with Crippen molar-refractivity contribution in [1.29, 1.82) is 0 Å². The fourth-order valence-electron chi connectivity index (χ4n) is 3.32. The summed E-state index contributed by atoms with van der Waals surface area (Å²) in [4.78, 5) is 21.9. The molecule has 0 bridgehead atoms. The molecule has 138 valence electrons. The molecule has 0 atom stereocenters. The van der Waals surface area contributed by atoms with Crippen molar-refractivity contribution in [1.82, 2.24) is 34.3 Å². The summed E-state index contributed by atoms with van der Waals surface area (Å²) in [5, 5.41) is 12.5. The van der Waals surface area contributed by atoms with E-state index in [-0.39, 0.29) is 5.56 Å². The number of hydrogen-bond acceptors (Lipinski definition) is 6. The molecule has 28 heavy (non-hydrogen) atoms. The number of fused-ring (bicyclic) bond motifs is 3. The first-order valence-corrected chi connectivity index (χ1v) is 9.82. The molecule has 8 nitrogen and oxygen atoms in total. The number of hydrogen-bond donors (Lipinski definition) is 1. The highest BCUT2D eigenvalue weighted by molar-refractivity contribution is 7.98. The average molecular weight is 389 g/mol. The molecule has 0 amide bonds. The van der Waals surface area contributed by atoms with Gasteiger partial charge in [-0.25, -0.2) is 14.6 Å². The van der Waals surface area contributed by atoms with E-state index in [0.29, 0.717) is 22.0 Å². The van der Waals surface area contributed by atoms with Gasteiger partial charge >= 0.3 is 0 Å². The lowest BCUT2D eigenvalue weighted by atomic mass is 10.1. The lowest BCUT2D eigenvalue weighted by molar-refractivity contribution is 0.892. The van der Waals surface area contributed by atoms with Crippen LogP contribution in [-0.2, 0) is 0 Å². The molecule has 0 aliphatic carbocycles. The van der Waals surface area contributed by atoms with E-state index in [0.717, 1.165) is 22.5 Å². The van der Waals surface area contributed by atoms with Crippen LogP contribution in [0.5, 0.6) is 0 Å². The molecule has 4 heterocycles. The third-order valence-electron chi connectivity index (χ3n) is 4.61. The Kier molecular flexibility index (Phi) is 3.76. The van der Waals surface area contributed by atoms with E-state index in [1.807, 2.05) is 49.6 Å². The van der Waals surface area contributed by atoms with Gasteiger partial charge in [0.25, 0.3) is 5.56 Å². The van der Waals surface area contributed by atoms with E-state index in [9.17, 15) is 4.79 Å². The van der Waals surface area contributed by atoms with Crippen LogP contribution in [0.15, 0.2) is 58.7 Å². The highest BCUT2D eigenvalue weighted by Crippen LogP contribution is 2.28. The lowest BCUT2D eigenvalue weighted by Gasteiger charge is -2.05. The molecule has 0 radical (unpaired) electrons. The van der Waals surface area contributed by atoms with Crippen LogP contribution >= 0.6 is 11.8 Å². The maximum absolute atomic E-state index is 13.0. The monoisotopic (exact) mass is 389 g/mol. The zero-order valence-electron chi connectivity index (χ0n) is 15.1. The van der Waals surface area contributed by atoms with E-state index in [4.69, 9.17) is 0 Å². The summed E-state index contributed by atoms with van der Waals surface area (Å²) < 4.78 is 3.16. The molecule has 0 saturated carbocycles. The summed E-state index contributed by atoms with van der Waals surface area (Å²) in [7, 11) is 0. The van der Waals surface area contributed by atoms with Gasteiger partial charge < -0.3 is 0 Å². The fourth-order valence-corrected chi connectivity index (χ4v) is 3.64. The van der Waals surface area contributed by atoms with Crippen molar-refractivity contribution in [3.63, 3.8) is 0 Å². The summed E-state index contributed by atoms with van der Waals surface area (Å²) >= 11 is 1.40. The topological polar surface area (TPSA) is 93.8 Å². The van der Waals surface area contributed by atoms with E-state index >= 15 is 0 Å². The molecule has 5 rings (SSSR count). The highest BCUT2D eigenvalue weighted by atomic mass is 32.2. The Labute approximate surface area is 163 Å². The molecule has 0 aliphatic heterocycles. The Morgan fingerprint density at radius 2 is 1.96 bits per heavy atom. The molecule has 5 aromatic rings. The number of thioether (sulfide) groups is 1. The molecular formula is C19H15N7OS. The quantitative estimate of drug-likeness (QED) is 0.477. The number of nitrogens with zero attached hydrogens (tertiary/aromatic N) is 6. The van der Waals surface area contributed by atoms with Gasteiger partial charge in [-0.1, -0.05) is 42.1 Å². The summed E-state index contributed by atoms with van der Waals surface area (Å²) in [6.07, 6.45) is 5.15. The minimum Gasteiger partial charge on any atom is -0.268 e. The Hall–Kier alpha value is -3.46. The van der Waals surface area contributed by atoms with Crippen molar-refractivity contribution in [2.75, 3.05) is 6.26 Å². The van der Waals surface area contributed by atoms with Gasteiger partial charge in [0.1, 0.15) is 0 Å². The summed E-state index contributed by atoms with van der Waals surface area (Å²) in [5.74, 6) is 0.373. The zero-order chi connectivity index (χ0) is 19.3.